The molecule has 0 fully saturated rings. The zero-order valence-electron chi connectivity index (χ0n) is 9.89. The van der Waals surface area contributed by atoms with E-state index in [4.69, 9.17) is 10.8 Å². The lowest BCUT2D eigenvalue weighted by atomic mass is 9.85. The fourth-order valence-corrected chi connectivity index (χ4v) is 0.862. The van der Waals surface area contributed by atoms with E-state index in [0.29, 0.717) is 0 Å². The molecule has 4 N–H and O–H groups in total. The van der Waals surface area contributed by atoms with E-state index in [1.54, 1.807) is 0 Å². The van der Waals surface area contributed by atoms with Crippen LogP contribution in [0.15, 0.2) is 0 Å². The number of rotatable bonds is 5. The van der Waals surface area contributed by atoms with Gasteiger partial charge in [0.1, 0.15) is 6.61 Å². The first-order valence-electron chi connectivity index (χ1n) is 5.09. The lowest BCUT2D eigenvalue weighted by Crippen LogP contribution is -2.43. The fraction of sp³-hybridized carbons (Fsp3) is 0.900. The van der Waals surface area contributed by atoms with Gasteiger partial charge in [-0.15, -0.1) is 0 Å². The zero-order valence-corrected chi connectivity index (χ0v) is 9.89. The lowest BCUT2D eigenvalue weighted by molar-refractivity contribution is -0.124. The molecule has 0 aliphatic heterocycles. The summed E-state index contributed by atoms with van der Waals surface area (Å²) < 4.78 is 25.2. The molecule has 4 nitrogen and oxygen atoms in total. The quantitative estimate of drug-likeness (QED) is 0.652. The molecule has 1 amide bonds. The Balaban J connectivity index is 4.02. The van der Waals surface area contributed by atoms with Crippen molar-refractivity contribution >= 4 is 5.91 Å². The van der Waals surface area contributed by atoms with Crippen molar-refractivity contribution in [2.45, 2.75) is 39.2 Å². The summed E-state index contributed by atoms with van der Waals surface area (Å²) in [4.78, 5) is 11.3. The molecule has 0 aromatic rings. The minimum absolute atomic E-state index is 0.00892. The number of amides is 1. The fourth-order valence-electron chi connectivity index (χ4n) is 0.862. The third kappa shape index (κ3) is 5.97. The summed E-state index contributed by atoms with van der Waals surface area (Å²) in [6.45, 7) is 3.46. The summed E-state index contributed by atoms with van der Waals surface area (Å²) in [6.07, 6.45) is -0.00892. The molecule has 6 heteroatoms. The Kier molecular flexibility index (Phi) is 5.28. The number of hydrogen-bond acceptors (Lipinski definition) is 3. The van der Waals surface area contributed by atoms with Crippen LogP contribution in [-0.2, 0) is 4.79 Å². The number of alkyl halides is 2. The minimum atomic E-state index is -3.28. The largest absolute Gasteiger partial charge is 0.390 e. The average molecular weight is 238 g/mol. The minimum Gasteiger partial charge on any atom is -0.390 e. The molecule has 0 spiro atoms. The molecule has 0 saturated carbocycles. The third-order valence-electron chi connectivity index (χ3n) is 2.29. The summed E-state index contributed by atoms with van der Waals surface area (Å²) >= 11 is 0. The van der Waals surface area contributed by atoms with Gasteiger partial charge in [0.2, 0.25) is 5.91 Å². The highest BCUT2D eigenvalue weighted by Crippen LogP contribution is 2.19. The maximum Gasteiger partial charge on any atom is 0.287 e. The number of nitrogens with one attached hydrogen (secondary N) is 1. The molecule has 0 aromatic heterocycles. The van der Waals surface area contributed by atoms with Crippen LogP contribution in [0.3, 0.4) is 0 Å². The number of aliphatic hydroxyl groups excluding tert-OH is 1. The first-order valence-corrected chi connectivity index (χ1v) is 5.09. The van der Waals surface area contributed by atoms with Crippen molar-refractivity contribution < 1.29 is 18.7 Å². The van der Waals surface area contributed by atoms with Crippen molar-refractivity contribution in [3.8, 4) is 0 Å². The smallest absolute Gasteiger partial charge is 0.287 e. The van der Waals surface area contributed by atoms with Gasteiger partial charge >= 0.3 is 0 Å². The van der Waals surface area contributed by atoms with Gasteiger partial charge in [-0.1, -0.05) is 20.8 Å². The molecule has 96 valence electrons. The van der Waals surface area contributed by atoms with Gasteiger partial charge in [0.05, 0.1) is 6.54 Å². The maximum absolute atomic E-state index is 12.6. The highest BCUT2D eigenvalue weighted by molar-refractivity contribution is 5.76. The topological polar surface area (TPSA) is 75.4 Å². The maximum atomic E-state index is 12.6. The molecule has 0 rings (SSSR count). The van der Waals surface area contributed by atoms with Gasteiger partial charge in [0.15, 0.2) is 0 Å². The Morgan fingerprint density at radius 2 is 1.94 bits per heavy atom. The molecule has 0 aromatic carbocycles. The lowest BCUT2D eigenvalue weighted by Gasteiger charge is -2.26. The molecule has 0 aliphatic rings. The standard InChI is InChI=1S/C10H20F2N2O2/c1-9(2,3)7(13)4-8(16)14-5-10(11,12)6-15/h7,15H,4-6,13H2,1-3H3,(H,14,16). The SMILES string of the molecule is CC(C)(C)C(N)CC(=O)NCC(F)(F)CO. The van der Waals surface area contributed by atoms with Crippen LogP contribution in [0.4, 0.5) is 8.78 Å². The van der Waals surface area contributed by atoms with Crippen molar-refractivity contribution in [1.29, 1.82) is 0 Å². The average Bonchev–Trinajstić information content (AvgIpc) is 2.13. The van der Waals surface area contributed by atoms with Crippen LogP contribution < -0.4 is 11.1 Å². The van der Waals surface area contributed by atoms with Crippen LogP contribution in [0.25, 0.3) is 0 Å². The van der Waals surface area contributed by atoms with Crippen LogP contribution in [0.2, 0.25) is 0 Å². The molecule has 0 heterocycles. The number of nitrogens with two attached hydrogens (primary N) is 1. The third-order valence-corrected chi connectivity index (χ3v) is 2.29. The normalized spacial score (nSPS) is 14.7. The number of halogens is 2. The van der Waals surface area contributed by atoms with E-state index in [-0.39, 0.29) is 11.8 Å². The van der Waals surface area contributed by atoms with Crippen molar-refractivity contribution in [2.24, 2.45) is 11.1 Å². The van der Waals surface area contributed by atoms with Gasteiger partial charge in [0, 0.05) is 12.5 Å². The van der Waals surface area contributed by atoms with Gasteiger partial charge in [-0.25, -0.2) is 8.78 Å². The molecule has 1 atom stereocenters. The number of hydrogen-bond donors (Lipinski definition) is 3. The second kappa shape index (κ2) is 5.54. The Labute approximate surface area is 94.2 Å². The second-order valence-corrected chi connectivity index (χ2v) is 4.97. The van der Waals surface area contributed by atoms with Gasteiger partial charge in [-0.3, -0.25) is 4.79 Å². The number of carbonyl (C=O) groups is 1. The Hall–Kier alpha value is -0.750. The zero-order chi connectivity index (χ0) is 13.0. The van der Waals surface area contributed by atoms with Crippen molar-refractivity contribution in [3.63, 3.8) is 0 Å². The summed E-state index contributed by atoms with van der Waals surface area (Å²) in [5, 5.41) is 10.3. The first-order chi connectivity index (χ1) is 7.08. The predicted molar refractivity (Wildman–Crippen MR) is 57.1 cm³/mol. The van der Waals surface area contributed by atoms with Gasteiger partial charge < -0.3 is 16.2 Å². The molecule has 0 bridgehead atoms. The molecule has 0 radical (unpaired) electrons. The monoisotopic (exact) mass is 238 g/mol. The van der Waals surface area contributed by atoms with E-state index >= 15 is 0 Å². The van der Waals surface area contributed by atoms with Crippen LogP contribution in [0.5, 0.6) is 0 Å². The number of aliphatic hydroxyl groups is 1. The van der Waals surface area contributed by atoms with E-state index in [9.17, 15) is 13.6 Å². The van der Waals surface area contributed by atoms with Gasteiger partial charge in [0.25, 0.3) is 5.92 Å². The molecule has 16 heavy (non-hydrogen) atoms. The van der Waals surface area contributed by atoms with Crippen molar-refractivity contribution in [3.05, 3.63) is 0 Å². The van der Waals surface area contributed by atoms with E-state index in [2.05, 4.69) is 0 Å². The molecule has 0 saturated heterocycles. The van der Waals surface area contributed by atoms with Gasteiger partial charge in [-0.05, 0) is 5.41 Å². The Morgan fingerprint density at radius 1 is 1.44 bits per heavy atom. The highest BCUT2D eigenvalue weighted by atomic mass is 19.3. The van der Waals surface area contributed by atoms with Crippen LogP contribution in [0.1, 0.15) is 27.2 Å². The molecular formula is C10H20F2N2O2. The van der Waals surface area contributed by atoms with E-state index in [0.717, 1.165) is 0 Å². The summed E-state index contributed by atoms with van der Waals surface area (Å²) in [5.41, 5.74) is 5.47. The number of carbonyl (C=O) groups excluding carboxylic acids is 1. The van der Waals surface area contributed by atoms with Crippen LogP contribution in [0, 0.1) is 5.41 Å². The van der Waals surface area contributed by atoms with E-state index in [1.807, 2.05) is 26.1 Å². The van der Waals surface area contributed by atoms with E-state index < -0.39 is 31.0 Å². The van der Waals surface area contributed by atoms with Crippen molar-refractivity contribution in [2.75, 3.05) is 13.2 Å². The van der Waals surface area contributed by atoms with Crippen LogP contribution >= 0.6 is 0 Å². The van der Waals surface area contributed by atoms with Crippen LogP contribution in [-0.4, -0.2) is 36.1 Å². The molecule has 1 unspecified atom stereocenters. The Morgan fingerprint density at radius 3 is 2.31 bits per heavy atom. The molecular weight excluding hydrogens is 218 g/mol. The second-order valence-electron chi connectivity index (χ2n) is 4.97. The first kappa shape index (κ1) is 15.2. The Bertz CT molecular complexity index is 239. The van der Waals surface area contributed by atoms with Gasteiger partial charge in [-0.2, -0.15) is 0 Å². The van der Waals surface area contributed by atoms with E-state index in [1.165, 1.54) is 0 Å². The predicted octanol–water partition coefficient (Wildman–Crippen LogP) is 0.494. The highest BCUT2D eigenvalue weighted by Gasteiger charge is 2.29. The summed E-state index contributed by atoms with van der Waals surface area (Å²) in [6, 6.07) is -0.393. The molecule has 0 aliphatic carbocycles. The summed E-state index contributed by atoms with van der Waals surface area (Å²) in [5.74, 6) is -3.81. The summed E-state index contributed by atoms with van der Waals surface area (Å²) in [7, 11) is 0. The van der Waals surface area contributed by atoms with Crippen molar-refractivity contribution in [1.82, 2.24) is 5.32 Å².